The minimum absolute atomic E-state index is 0.310. The number of hydrogen-bond acceptors (Lipinski definition) is 3. The third-order valence-electron chi connectivity index (χ3n) is 1.45. The molecule has 0 aliphatic heterocycles. The number of nitrogens with one attached hydrogen (secondary N) is 1. The lowest BCUT2D eigenvalue weighted by atomic mass is 10.2. The zero-order valence-corrected chi connectivity index (χ0v) is 8.01. The lowest BCUT2D eigenvalue weighted by Gasteiger charge is -2.05. The van der Waals surface area contributed by atoms with E-state index in [0.29, 0.717) is 18.1 Å². The average molecular weight is 196 g/mol. The highest BCUT2D eigenvalue weighted by atomic mass is 32.1. The molecule has 3 N–H and O–H groups in total. The second kappa shape index (κ2) is 5.64. The Morgan fingerprint density at radius 3 is 2.69 bits per heavy atom. The van der Waals surface area contributed by atoms with Crippen molar-refractivity contribution in [3.05, 3.63) is 35.9 Å². The summed E-state index contributed by atoms with van der Waals surface area (Å²) >= 11 is 4.81. The topological polar surface area (TPSA) is 47.3 Å². The van der Waals surface area contributed by atoms with E-state index in [1.807, 2.05) is 30.3 Å². The van der Waals surface area contributed by atoms with Gasteiger partial charge in [-0.05, 0) is 5.56 Å². The lowest BCUT2D eigenvalue weighted by Crippen LogP contribution is -2.28. The van der Waals surface area contributed by atoms with Crippen molar-refractivity contribution in [2.75, 3.05) is 6.54 Å². The minimum atomic E-state index is 0.310. The third-order valence-corrected chi connectivity index (χ3v) is 1.70. The first-order chi connectivity index (χ1) is 6.33. The van der Waals surface area contributed by atoms with Crippen LogP contribution in [0.4, 0.5) is 0 Å². The third kappa shape index (κ3) is 3.98. The molecule has 0 radical (unpaired) electrons. The Labute approximate surface area is 82.8 Å². The van der Waals surface area contributed by atoms with E-state index in [1.54, 1.807) is 0 Å². The molecule has 1 rings (SSSR count). The van der Waals surface area contributed by atoms with Crippen LogP contribution in [0.3, 0.4) is 0 Å². The molecule has 0 spiro atoms. The Kier molecular flexibility index (Phi) is 4.39. The number of rotatable bonds is 4. The molecule has 0 saturated heterocycles. The number of thiocarbonyl (C=S) groups is 1. The smallest absolute Gasteiger partial charge is 0.114 e. The molecule has 0 bridgehead atoms. The predicted octanol–water partition coefficient (Wildman–Crippen LogP) is 0.994. The Morgan fingerprint density at radius 1 is 1.38 bits per heavy atom. The zero-order valence-electron chi connectivity index (χ0n) is 7.19. The summed E-state index contributed by atoms with van der Waals surface area (Å²) in [4.78, 5) is 5.61. The monoisotopic (exact) mass is 196 g/mol. The molecule has 1 aromatic carbocycles. The molecule has 0 aromatic heterocycles. The van der Waals surface area contributed by atoms with Crippen LogP contribution >= 0.6 is 12.2 Å². The van der Waals surface area contributed by atoms with Gasteiger partial charge < -0.3 is 5.73 Å². The van der Waals surface area contributed by atoms with Crippen LogP contribution in [0, 0.1) is 0 Å². The molecule has 0 saturated carbocycles. The molecule has 70 valence electrons. The van der Waals surface area contributed by atoms with E-state index in [-0.39, 0.29) is 0 Å². The number of benzene rings is 1. The van der Waals surface area contributed by atoms with Crippen LogP contribution in [-0.2, 0) is 11.4 Å². The van der Waals surface area contributed by atoms with E-state index in [9.17, 15) is 0 Å². The van der Waals surface area contributed by atoms with E-state index < -0.39 is 0 Å². The highest BCUT2D eigenvalue weighted by Crippen LogP contribution is 1.98. The second-order valence-electron chi connectivity index (χ2n) is 2.50. The highest BCUT2D eigenvalue weighted by molar-refractivity contribution is 7.80. The maximum Gasteiger partial charge on any atom is 0.114 e. The fourth-order valence-corrected chi connectivity index (χ4v) is 0.875. The number of nitrogens with two attached hydrogens (primary N) is 1. The van der Waals surface area contributed by atoms with E-state index in [0.717, 1.165) is 5.56 Å². The summed E-state index contributed by atoms with van der Waals surface area (Å²) in [6.45, 7) is 0.797. The van der Waals surface area contributed by atoms with Gasteiger partial charge in [0.05, 0.1) is 6.61 Å². The molecule has 0 aliphatic carbocycles. The first-order valence-electron chi connectivity index (χ1n) is 3.97. The maximum atomic E-state index is 5.27. The standard InChI is InChI=1S/C9H12N2OS/c10-6-9(13)11-12-7-8-4-2-1-3-5-8/h1-5H,6-7,10H2,(H,11,13). The number of hydroxylamine groups is 1. The second-order valence-corrected chi connectivity index (χ2v) is 3.00. The molecule has 0 amide bonds. The normalized spacial score (nSPS) is 9.62. The minimum Gasteiger partial charge on any atom is -0.325 e. The van der Waals surface area contributed by atoms with Gasteiger partial charge in [-0.1, -0.05) is 42.5 Å². The van der Waals surface area contributed by atoms with Gasteiger partial charge in [0.25, 0.3) is 0 Å². The van der Waals surface area contributed by atoms with Gasteiger partial charge in [-0.15, -0.1) is 0 Å². The predicted molar refractivity (Wildman–Crippen MR) is 56.0 cm³/mol. The molecule has 4 heteroatoms. The van der Waals surface area contributed by atoms with Gasteiger partial charge in [0.1, 0.15) is 4.99 Å². The largest absolute Gasteiger partial charge is 0.325 e. The molecule has 13 heavy (non-hydrogen) atoms. The van der Waals surface area contributed by atoms with Crippen LogP contribution in [-0.4, -0.2) is 11.5 Å². The Hall–Kier alpha value is -0.970. The van der Waals surface area contributed by atoms with Crippen LogP contribution in [0.1, 0.15) is 5.56 Å². The fraction of sp³-hybridized carbons (Fsp3) is 0.222. The van der Waals surface area contributed by atoms with E-state index in [4.69, 9.17) is 22.8 Å². The molecular formula is C9H12N2OS. The number of hydrogen-bond donors (Lipinski definition) is 2. The summed E-state index contributed by atoms with van der Waals surface area (Å²) in [7, 11) is 0. The SMILES string of the molecule is NCC(=S)NOCc1ccccc1. The molecule has 0 atom stereocenters. The van der Waals surface area contributed by atoms with Gasteiger partial charge in [-0.3, -0.25) is 10.3 Å². The van der Waals surface area contributed by atoms with Gasteiger partial charge in [-0.25, -0.2) is 0 Å². The van der Waals surface area contributed by atoms with Crippen molar-refractivity contribution in [3.8, 4) is 0 Å². The molecule has 0 heterocycles. The fourth-order valence-electron chi connectivity index (χ4n) is 0.816. The van der Waals surface area contributed by atoms with Crippen LogP contribution in [0.15, 0.2) is 30.3 Å². The summed E-state index contributed by atoms with van der Waals surface area (Å²) in [5.74, 6) is 0. The van der Waals surface area contributed by atoms with Crippen LogP contribution < -0.4 is 11.2 Å². The van der Waals surface area contributed by atoms with E-state index in [2.05, 4.69) is 5.48 Å². The summed E-state index contributed by atoms with van der Waals surface area (Å²) in [6, 6.07) is 9.84. The Morgan fingerprint density at radius 2 is 2.08 bits per heavy atom. The van der Waals surface area contributed by atoms with Crippen LogP contribution in [0.2, 0.25) is 0 Å². The van der Waals surface area contributed by atoms with Crippen molar-refractivity contribution >= 4 is 17.2 Å². The van der Waals surface area contributed by atoms with Crippen molar-refractivity contribution in [3.63, 3.8) is 0 Å². The van der Waals surface area contributed by atoms with Gasteiger partial charge in [0.2, 0.25) is 0 Å². The van der Waals surface area contributed by atoms with Crippen molar-refractivity contribution in [1.82, 2.24) is 5.48 Å². The maximum absolute atomic E-state index is 5.27. The van der Waals surface area contributed by atoms with Crippen LogP contribution in [0.25, 0.3) is 0 Å². The van der Waals surface area contributed by atoms with Crippen molar-refractivity contribution in [1.29, 1.82) is 0 Å². The Balaban J connectivity index is 2.24. The van der Waals surface area contributed by atoms with E-state index in [1.165, 1.54) is 0 Å². The summed E-state index contributed by atoms with van der Waals surface area (Å²) in [5, 5.41) is 0. The highest BCUT2D eigenvalue weighted by Gasteiger charge is 1.93. The molecule has 0 unspecified atom stereocenters. The van der Waals surface area contributed by atoms with Crippen molar-refractivity contribution in [2.24, 2.45) is 5.73 Å². The molecule has 1 aromatic rings. The molecule has 3 nitrogen and oxygen atoms in total. The van der Waals surface area contributed by atoms with Gasteiger partial charge >= 0.3 is 0 Å². The summed E-state index contributed by atoms with van der Waals surface area (Å²) in [6.07, 6.45) is 0. The summed E-state index contributed by atoms with van der Waals surface area (Å²) in [5.41, 5.74) is 8.95. The Bertz CT molecular complexity index is 264. The molecular weight excluding hydrogens is 184 g/mol. The van der Waals surface area contributed by atoms with Gasteiger partial charge in [0.15, 0.2) is 0 Å². The van der Waals surface area contributed by atoms with Crippen LogP contribution in [0.5, 0.6) is 0 Å². The van der Waals surface area contributed by atoms with Crippen molar-refractivity contribution in [2.45, 2.75) is 6.61 Å². The average Bonchev–Trinajstić information content (AvgIpc) is 2.19. The van der Waals surface area contributed by atoms with Gasteiger partial charge in [-0.2, -0.15) is 0 Å². The molecule has 0 aliphatic rings. The van der Waals surface area contributed by atoms with Gasteiger partial charge in [0, 0.05) is 6.54 Å². The first-order valence-corrected chi connectivity index (χ1v) is 4.38. The lowest BCUT2D eigenvalue weighted by molar-refractivity contribution is 0.0721. The quantitative estimate of drug-likeness (QED) is 0.557. The first kappa shape index (κ1) is 10.1. The zero-order chi connectivity index (χ0) is 9.52. The molecule has 0 fully saturated rings. The van der Waals surface area contributed by atoms with Crippen molar-refractivity contribution < 1.29 is 4.84 Å². The van der Waals surface area contributed by atoms with E-state index >= 15 is 0 Å². The summed E-state index contributed by atoms with van der Waals surface area (Å²) < 4.78 is 0.